The highest BCUT2D eigenvalue weighted by molar-refractivity contribution is 8.00. The first-order chi connectivity index (χ1) is 7.58. The second kappa shape index (κ2) is 6.16. The van der Waals surface area contributed by atoms with Crippen LogP contribution in [0, 0.1) is 5.82 Å². The molecule has 0 saturated heterocycles. The summed E-state index contributed by atoms with van der Waals surface area (Å²) in [6.07, 6.45) is 1.78. The Bertz CT molecular complexity index is 456. The molecule has 5 heteroatoms. The third kappa shape index (κ3) is 3.42. The van der Waals surface area contributed by atoms with Gasteiger partial charge in [-0.15, -0.1) is 18.3 Å². The van der Waals surface area contributed by atoms with E-state index in [1.807, 2.05) is 6.92 Å². The smallest absolute Gasteiger partial charge is 0.151 e. The van der Waals surface area contributed by atoms with Gasteiger partial charge in [0.25, 0.3) is 0 Å². The van der Waals surface area contributed by atoms with Gasteiger partial charge in [0, 0.05) is 10.1 Å². The predicted molar refractivity (Wildman–Crippen MR) is 71.6 cm³/mol. The second-order valence-electron chi connectivity index (χ2n) is 3.00. The Kier molecular flexibility index (Phi) is 5.16. The quantitative estimate of drug-likeness (QED) is 0.335. The Morgan fingerprint density at radius 2 is 2.38 bits per heavy atom. The van der Waals surface area contributed by atoms with Crippen LogP contribution in [-0.2, 0) is 0 Å². The monoisotopic (exact) mass is 273 g/mol. The summed E-state index contributed by atoms with van der Waals surface area (Å²) in [4.78, 5) is 4.38. The number of rotatable bonds is 4. The third-order valence-electron chi connectivity index (χ3n) is 1.81. The predicted octanol–water partition coefficient (Wildman–Crippen LogP) is 4.88. The summed E-state index contributed by atoms with van der Waals surface area (Å²) in [5, 5.41) is 2.68. The molecule has 1 unspecified atom stereocenters. The van der Waals surface area contributed by atoms with Crippen molar-refractivity contribution in [1.82, 2.24) is 0 Å². The molecule has 0 aliphatic rings. The maximum atomic E-state index is 13.3. The molecule has 0 aliphatic carbocycles. The fourth-order valence-electron chi connectivity index (χ4n) is 0.992. The topological polar surface area (TPSA) is 12.4 Å². The van der Waals surface area contributed by atoms with Crippen molar-refractivity contribution in [2.75, 3.05) is 0 Å². The van der Waals surface area contributed by atoms with Crippen LogP contribution in [0.3, 0.4) is 0 Å². The van der Waals surface area contributed by atoms with Crippen LogP contribution in [0.2, 0.25) is 5.02 Å². The minimum Gasteiger partial charge on any atom is -0.205 e. The number of hydrogen-bond donors (Lipinski definition) is 0. The highest BCUT2D eigenvalue weighted by Gasteiger charge is 2.10. The van der Waals surface area contributed by atoms with E-state index in [1.165, 1.54) is 17.8 Å². The number of thioether (sulfide) groups is 1. The van der Waals surface area contributed by atoms with Gasteiger partial charge < -0.3 is 0 Å². The van der Waals surface area contributed by atoms with Crippen molar-refractivity contribution >= 4 is 46.4 Å². The van der Waals surface area contributed by atoms with E-state index in [-0.39, 0.29) is 10.9 Å². The van der Waals surface area contributed by atoms with Crippen LogP contribution in [0.25, 0.3) is 0 Å². The molecule has 0 aromatic heterocycles. The van der Waals surface area contributed by atoms with Gasteiger partial charge in [-0.2, -0.15) is 4.99 Å². The number of nitrogens with zero attached hydrogens (tertiary/aromatic N) is 1. The molecule has 0 amide bonds. The van der Waals surface area contributed by atoms with Crippen LogP contribution < -0.4 is 0 Å². The molecular formula is C11H9ClFNS2. The van der Waals surface area contributed by atoms with Crippen molar-refractivity contribution in [3.05, 3.63) is 35.6 Å². The summed E-state index contributed by atoms with van der Waals surface area (Å²) in [5.41, 5.74) is 0.151. The molecule has 0 spiro atoms. The van der Waals surface area contributed by atoms with Gasteiger partial charge >= 0.3 is 0 Å². The molecule has 1 rings (SSSR count). The molecular weight excluding hydrogens is 265 g/mol. The van der Waals surface area contributed by atoms with Gasteiger partial charge in [0.1, 0.15) is 5.69 Å². The van der Waals surface area contributed by atoms with E-state index >= 15 is 0 Å². The van der Waals surface area contributed by atoms with E-state index in [0.717, 1.165) is 4.90 Å². The summed E-state index contributed by atoms with van der Waals surface area (Å²) in [7, 11) is 0. The first-order valence-electron chi connectivity index (χ1n) is 4.44. The van der Waals surface area contributed by atoms with E-state index in [1.54, 1.807) is 12.1 Å². The van der Waals surface area contributed by atoms with E-state index in [2.05, 4.69) is 29.0 Å². The zero-order chi connectivity index (χ0) is 12.1. The zero-order valence-corrected chi connectivity index (χ0v) is 10.9. The minimum absolute atomic E-state index is 0.151. The number of halogens is 2. The second-order valence-corrected chi connectivity index (χ2v) is 5.00. The van der Waals surface area contributed by atoms with Gasteiger partial charge in [-0.25, -0.2) is 4.39 Å². The standard InChI is InChI=1S/C11H9ClFNS2/c1-3-7(2)16-11-5-10(14-6-15)9(13)4-8(11)12/h3-5,7H,1H2,2H3. The number of aliphatic imine (C=N–C) groups is 1. The summed E-state index contributed by atoms with van der Waals surface area (Å²) in [6, 6.07) is 2.78. The van der Waals surface area contributed by atoms with Crippen molar-refractivity contribution in [2.45, 2.75) is 17.1 Å². The average molecular weight is 274 g/mol. The zero-order valence-electron chi connectivity index (χ0n) is 8.54. The van der Waals surface area contributed by atoms with E-state index in [4.69, 9.17) is 11.6 Å². The van der Waals surface area contributed by atoms with Crippen molar-refractivity contribution in [2.24, 2.45) is 4.99 Å². The molecule has 1 nitrogen and oxygen atoms in total. The van der Waals surface area contributed by atoms with Gasteiger partial charge in [0.2, 0.25) is 0 Å². The summed E-state index contributed by atoms with van der Waals surface area (Å²) in [6.45, 7) is 5.64. The van der Waals surface area contributed by atoms with Crippen LogP contribution >= 0.6 is 35.6 Å². The number of benzene rings is 1. The van der Waals surface area contributed by atoms with Crippen LogP contribution in [-0.4, -0.2) is 10.4 Å². The number of isothiocyanates is 1. The average Bonchev–Trinajstić information content (AvgIpc) is 2.25. The van der Waals surface area contributed by atoms with Crippen LogP contribution in [0.1, 0.15) is 6.92 Å². The molecule has 84 valence electrons. The lowest BCUT2D eigenvalue weighted by molar-refractivity contribution is 0.629. The van der Waals surface area contributed by atoms with Crippen LogP contribution in [0.15, 0.2) is 34.7 Å². The van der Waals surface area contributed by atoms with E-state index in [0.29, 0.717) is 5.02 Å². The highest BCUT2D eigenvalue weighted by Crippen LogP contribution is 2.35. The van der Waals surface area contributed by atoms with Gasteiger partial charge in [-0.3, -0.25) is 0 Å². The molecule has 0 aliphatic heterocycles. The third-order valence-corrected chi connectivity index (χ3v) is 3.48. The lowest BCUT2D eigenvalue weighted by Crippen LogP contribution is -1.89. The molecule has 0 N–H and O–H groups in total. The van der Waals surface area contributed by atoms with Crippen molar-refractivity contribution in [1.29, 1.82) is 0 Å². The molecule has 0 bridgehead atoms. The molecule has 1 aromatic rings. The van der Waals surface area contributed by atoms with Gasteiger partial charge in [-0.05, 0) is 31.3 Å². The molecule has 1 atom stereocenters. The van der Waals surface area contributed by atoms with E-state index < -0.39 is 5.82 Å². The molecule has 16 heavy (non-hydrogen) atoms. The summed E-state index contributed by atoms with van der Waals surface area (Å²) >= 11 is 11.8. The molecule has 0 saturated carbocycles. The van der Waals surface area contributed by atoms with Crippen LogP contribution in [0.4, 0.5) is 10.1 Å². The fraction of sp³-hybridized carbons (Fsp3) is 0.182. The fourth-order valence-corrected chi connectivity index (χ4v) is 2.22. The molecule has 0 radical (unpaired) electrons. The van der Waals surface area contributed by atoms with Crippen molar-refractivity contribution in [3.63, 3.8) is 0 Å². The Morgan fingerprint density at radius 3 is 2.94 bits per heavy atom. The lowest BCUT2D eigenvalue weighted by atomic mass is 10.3. The first kappa shape index (κ1) is 13.4. The van der Waals surface area contributed by atoms with Gasteiger partial charge in [0.05, 0.1) is 10.2 Å². The number of hydrogen-bond acceptors (Lipinski definition) is 3. The minimum atomic E-state index is -0.502. The SMILES string of the molecule is C=CC(C)Sc1cc(N=C=S)c(F)cc1Cl. The maximum absolute atomic E-state index is 13.3. The Morgan fingerprint density at radius 1 is 1.69 bits per heavy atom. The summed E-state index contributed by atoms with van der Waals surface area (Å²) in [5.74, 6) is -0.502. The normalized spacial score (nSPS) is 11.7. The first-order valence-corrected chi connectivity index (χ1v) is 6.11. The summed E-state index contributed by atoms with van der Waals surface area (Å²) < 4.78 is 13.3. The molecule has 0 heterocycles. The molecule has 0 fully saturated rings. The van der Waals surface area contributed by atoms with Gasteiger partial charge in [0.15, 0.2) is 5.82 Å². The highest BCUT2D eigenvalue weighted by atomic mass is 35.5. The Hall–Kier alpha value is -0.670. The van der Waals surface area contributed by atoms with Crippen molar-refractivity contribution < 1.29 is 4.39 Å². The largest absolute Gasteiger partial charge is 0.205 e. The van der Waals surface area contributed by atoms with Crippen molar-refractivity contribution in [3.8, 4) is 0 Å². The Balaban J connectivity index is 3.13. The molecule has 1 aromatic carbocycles. The van der Waals surface area contributed by atoms with Gasteiger partial charge in [-0.1, -0.05) is 17.7 Å². The lowest BCUT2D eigenvalue weighted by Gasteiger charge is -2.08. The van der Waals surface area contributed by atoms with E-state index in [9.17, 15) is 4.39 Å². The maximum Gasteiger partial charge on any atom is 0.151 e. The number of thiocarbonyl (C=S) groups is 1. The Labute approximate surface area is 108 Å². The van der Waals surface area contributed by atoms with Crippen LogP contribution in [0.5, 0.6) is 0 Å².